The minimum atomic E-state index is -0.407. The number of aromatic nitrogens is 1. The molecule has 0 aliphatic carbocycles. The first-order chi connectivity index (χ1) is 6.20. The topological polar surface area (TPSA) is 32.9 Å². The summed E-state index contributed by atoms with van der Waals surface area (Å²) in [6, 6.07) is 7.61. The Morgan fingerprint density at radius 3 is 2.77 bits per heavy atom. The summed E-state index contributed by atoms with van der Waals surface area (Å²) in [5.74, 6) is 0. The van der Waals surface area contributed by atoms with Crippen LogP contribution in [0, 0.1) is 6.92 Å². The Kier molecular flexibility index (Phi) is 1.85. The van der Waals surface area contributed by atoms with Gasteiger partial charge in [-0.3, -0.25) is 4.79 Å². The van der Waals surface area contributed by atoms with Crippen LogP contribution in [0.4, 0.5) is 0 Å². The molecule has 2 nitrogen and oxygen atoms in total. The Hall–Kier alpha value is -1.28. The van der Waals surface area contributed by atoms with Crippen LogP contribution in [-0.2, 0) is 0 Å². The molecule has 2 rings (SSSR count). The Morgan fingerprint density at radius 2 is 2.08 bits per heavy atom. The minimum absolute atomic E-state index is 0.407. The predicted molar refractivity (Wildman–Crippen MR) is 53.2 cm³/mol. The van der Waals surface area contributed by atoms with E-state index >= 15 is 0 Å². The second-order valence-electron chi connectivity index (χ2n) is 2.94. The number of aryl methyl sites for hydroxylation is 1. The van der Waals surface area contributed by atoms with Crippen LogP contribution in [0.1, 0.15) is 16.1 Å². The molecule has 0 spiro atoms. The molecular formula is C10H8ClNO. The van der Waals surface area contributed by atoms with Gasteiger partial charge in [-0.2, -0.15) is 0 Å². The third-order valence-electron chi connectivity index (χ3n) is 2.09. The fraction of sp³-hybridized carbons (Fsp3) is 0.100. The van der Waals surface area contributed by atoms with Gasteiger partial charge in [0.05, 0.1) is 5.56 Å². The van der Waals surface area contributed by atoms with Crippen molar-refractivity contribution in [3.63, 3.8) is 0 Å². The highest BCUT2D eigenvalue weighted by atomic mass is 35.5. The largest absolute Gasteiger partial charge is 0.358 e. The van der Waals surface area contributed by atoms with Crippen LogP contribution in [0.2, 0.25) is 0 Å². The number of carbonyl (C=O) groups excluding carboxylic acids is 1. The van der Waals surface area contributed by atoms with Crippen molar-refractivity contribution in [1.29, 1.82) is 0 Å². The first-order valence-electron chi connectivity index (χ1n) is 3.97. The number of fused-ring (bicyclic) bond motifs is 1. The van der Waals surface area contributed by atoms with Crippen molar-refractivity contribution >= 4 is 27.7 Å². The molecular weight excluding hydrogens is 186 g/mol. The lowest BCUT2D eigenvalue weighted by molar-refractivity contribution is 0.108. The van der Waals surface area contributed by atoms with Gasteiger partial charge in [-0.1, -0.05) is 18.2 Å². The molecule has 2 aromatic rings. The summed E-state index contributed by atoms with van der Waals surface area (Å²) in [6.07, 6.45) is 0. The van der Waals surface area contributed by atoms with E-state index in [0.29, 0.717) is 5.56 Å². The van der Waals surface area contributed by atoms with Crippen LogP contribution >= 0.6 is 11.6 Å². The van der Waals surface area contributed by atoms with Gasteiger partial charge < -0.3 is 4.98 Å². The number of aromatic amines is 1. The molecule has 0 fully saturated rings. The maximum absolute atomic E-state index is 11.1. The standard InChI is InChI=1S/C10H8ClNO/c1-6-9(10(11)13)7-4-2-3-5-8(7)12-6/h2-5,12H,1H3. The summed E-state index contributed by atoms with van der Waals surface area (Å²) in [5.41, 5.74) is 2.35. The van der Waals surface area contributed by atoms with E-state index in [0.717, 1.165) is 16.6 Å². The van der Waals surface area contributed by atoms with Gasteiger partial charge in [0.25, 0.3) is 5.24 Å². The highest BCUT2D eigenvalue weighted by molar-refractivity contribution is 6.68. The third kappa shape index (κ3) is 1.23. The van der Waals surface area contributed by atoms with Crippen molar-refractivity contribution < 1.29 is 4.79 Å². The lowest BCUT2D eigenvalue weighted by atomic mass is 10.1. The SMILES string of the molecule is Cc1[nH]c2ccccc2c1C(=O)Cl. The molecule has 0 radical (unpaired) electrons. The Bertz CT molecular complexity index is 473. The summed E-state index contributed by atoms with van der Waals surface area (Å²) in [5, 5.41) is 0.481. The molecule has 13 heavy (non-hydrogen) atoms. The quantitative estimate of drug-likeness (QED) is 0.695. The van der Waals surface area contributed by atoms with E-state index in [1.165, 1.54) is 0 Å². The van der Waals surface area contributed by atoms with E-state index in [9.17, 15) is 4.79 Å². The number of H-pyrrole nitrogens is 1. The Morgan fingerprint density at radius 1 is 1.38 bits per heavy atom. The number of benzene rings is 1. The fourth-order valence-corrected chi connectivity index (χ4v) is 1.77. The molecule has 1 aromatic carbocycles. The van der Waals surface area contributed by atoms with Gasteiger partial charge in [0.1, 0.15) is 0 Å². The highest BCUT2D eigenvalue weighted by Crippen LogP contribution is 2.22. The average Bonchev–Trinajstić information content (AvgIpc) is 2.39. The van der Waals surface area contributed by atoms with Crippen LogP contribution in [0.3, 0.4) is 0 Å². The highest BCUT2D eigenvalue weighted by Gasteiger charge is 2.12. The van der Waals surface area contributed by atoms with Gasteiger partial charge in [0.15, 0.2) is 0 Å². The van der Waals surface area contributed by atoms with Crippen LogP contribution in [0.5, 0.6) is 0 Å². The fourth-order valence-electron chi connectivity index (χ4n) is 1.53. The second-order valence-corrected chi connectivity index (χ2v) is 3.29. The lowest BCUT2D eigenvalue weighted by Crippen LogP contribution is -1.89. The van der Waals surface area contributed by atoms with Crippen molar-refractivity contribution in [2.75, 3.05) is 0 Å². The zero-order chi connectivity index (χ0) is 9.42. The smallest absolute Gasteiger partial charge is 0.254 e. The summed E-state index contributed by atoms with van der Waals surface area (Å²) >= 11 is 5.47. The van der Waals surface area contributed by atoms with Crippen molar-refractivity contribution in [3.05, 3.63) is 35.5 Å². The zero-order valence-electron chi connectivity index (χ0n) is 7.10. The molecule has 1 aromatic heterocycles. The molecule has 0 bridgehead atoms. The molecule has 0 amide bonds. The summed E-state index contributed by atoms with van der Waals surface area (Å²) in [6.45, 7) is 1.84. The summed E-state index contributed by atoms with van der Waals surface area (Å²) in [7, 11) is 0. The predicted octanol–water partition coefficient (Wildman–Crippen LogP) is 2.86. The van der Waals surface area contributed by atoms with E-state index in [1.807, 2.05) is 31.2 Å². The normalized spacial score (nSPS) is 10.6. The van der Waals surface area contributed by atoms with Gasteiger partial charge in [-0.25, -0.2) is 0 Å². The van der Waals surface area contributed by atoms with Gasteiger partial charge >= 0.3 is 0 Å². The number of rotatable bonds is 1. The van der Waals surface area contributed by atoms with Crippen LogP contribution in [-0.4, -0.2) is 10.2 Å². The molecule has 0 aliphatic rings. The number of carbonyl (C=O) groups is 1. The van der Waals surface area contributed by atoms with Gasteiger partial charge in [0, 0.05) is 16.6 Å². The van der Waals surface area contributed by atoms with Crippen LogP contribution in [0.25, 0.3) is 10.9 Å². The first kappa shape index (κ1) is 8.32. The van der Waals surface area contributed by atoms with E-state index in [4.69, 9.17) is 11.6 Å². The van der Waals surface area contributed by atoms with E-state index in [1.54, 1.807) is 0 Å². The third-order valence-corrected chi connectivity index (χ3v) is 2.28. The van der Waals surface area contributed by atoms with Crippen LogP contribution in [0.15, 0.2) is 24.3 Å². The van der Waals surface area contributed by atoms with Crippen LogP contribution < -0.4 is 0 Å². The van der Waals surface area contributed by atoms with Crippen molar-refractivity contribution in [1.82, 2.24) is 4.98 Å². The van der Waals surface area contributed by atoms with Crippen molar-refractivity contribution in [3.8, 4) is 0 Å². The Labute approximate surface area is 80.5 Å². The molecule has 0 saturated carbocycles. The first-order valence-corrected chi connectivity index (χ1v) is 4.35. The molecule has 0 atom stereocenters. The molecule has 3 heteroatoms. The Balaban J connectivity index is 2.86. The molecule has 66 valence electrons. The number of halogens is 1. The number of hydrogen-bond acceptors (Lipinski definition) is 1. The molecule has 0 aliphatic heterocycles. The maximum atomic E-state index is 11.1. The van der Waals surface area contributed by atoms with Crippen molar-refractivity contribution in [2.45, 2.75) is 6.92 Å². The molecule has 1 heterocycles. The monoisotopic (exact) mass is 193 g/mol. The number of para-hydroxylation sites is 1. The van der Waals surface area contributed by atoms with Gasteiger partial charge in [0.2, 0.25) is 0 Å². The average molecular weight is 194 g/mol. The second kappa shape index (κ2) is 2.89. The zero-order valence-corrected chi connectivity index (χ0v) is 7.85. The summed E-state index contributed by atoms with van der Waals surface area (Å²) in [4.78, 5) is 14.2. The van der Waals surface area contributed by atoms with Gasteiger partial charge in [-0.05, 0) is 24.6 Å². The minimum Gasteiger partial charge on any atom is -0.358 e. The number of nitrogens with one attached hydrogen (secondary N) is 1. The number of hydrogen-bond donors (Lipinski definition) is 1. The van der Waals surface area contributed by atoms with Crippen molar-refractivity contribution in [2.24, 2.45) is 0 Å². The van der Waals surface area contributed by atoms with E-state index in [2.05, 4.69) is 4.98 Å². The van der Waals surface area contributed by atoms with Gasteiger partial charge in [-0.15, -0.1) is 0 Å². The molecule has 1 N–H and O–H groups in total. The molecule has 0 saturated heterocycles. The lowest BCUT2D eigenvalue weighted by Gasteiger charge is -1.91. The maximum Gasteiger partial charge on any atom is 0.254 e. The van der Waals surface area contributed by atoms with E-state index in [-0.39, 0.29) is 0 Å². The molecule has 0 unspecified atom stereocenters. The van der Waals surface area contributed by atoms with E-state index < -0.39 is 5.24 Å². The summed E-state index contributed by atoms with van der Waals surface area (Å²) < 4.78 is 0.